The van der Waals surface area contributed by atoms with Crippen LogP contribution in [-0.2, 0) is 9.53 Å². The van der Waals surface area contributed by atoms with Crippen molar-refractivity contribution in [3.05, 3.63) is 21.7 Å². The first-order chi connectivity index (χ1) is 11.6. The first-order valence-electron chi connectivity index (χ1n) is 8.25. The minimum atomic E-state index is -0.555. The van der Waals surface area contributed by atoms with Crippen LogP contribution in [0, 0.1) is 15.3 Å². The van der Waals surface area contributed by atoms with Gasteiger partial charge in [-0.15, -0.1) is 0 Å². The highest BCUT2D eigenvalue weighted by molar-refractivity contribution is 14.1. The second kappa shape index (κ2) is 8.29. The molecule has 1 fully saturated rings. The summed E-state index contributed by atoms with van der Waals surface area (Å²) >= 11 is 1.85. The summed E-state index contributed by atoms with van der Waals surface area (Å²) in [7, 11) is 0. The largest absolute Gasteiger partial charge is 0.444 e. The number of ether oxygens (including phenoxy) is 1. The first kappa shape index (κ1) is 19.9. The number of nitrogens with one attached hydrogen (secondary N) is 2. The van der Waals surface area contributed by atoms with Crippen molar-refractivity contribution in [3.63, 3.8) is 0 Å². The van der Waals surface area contributed by atoms with Crippen molar-refractivity contribution >= 4 is 40.4 Å². The molecule has 0 spiro atoms. The Kier molecular flexibility index (Phi) is 6.59. The Hall–Kier alpha value is -1.45. The second-order valence-corrected chi connectivity index (χ2v) is 8.34. The Balaban J connectivity index is 1.90. The van der Waals surface area contributed by atoms with Crippen LogP contribution in [0.15, 0.2) is 12.3 Å². The van der Waals surface area contributed by atoms with E-state index in [4.69, 9.17) is 4.74 Å². The molecule has 1 aromatic heterocycles. The fourth-order valence-electron chi connectivity index (χ4n) is 2.74. The number of carbonyl (C=O) groups excluding carboxylic acids is 2. The van der Waals surface area contributed by atoms with Crippen LogP contribution in [0.5, 0.6) is 0 Å². The summed E-state index contributed by atoms with van der Waals surface area (Å²) in [4.78, 5) is 28.2. The summed E-state index contributed by atoms with van der Waals surface area (Å²) < 4.78 is 18.9. The molecule has 25 heavy (non-hydrogen) atoms. The predicted octanol–water partition coefficient (Wildman–Crippen LogP) is 3.85. The van der Waals surface area contributed by atoms with Crippen molar-refractivity contribution in [1.29, 1.82) is 0 Å². The van der Waals surface area contributed by atoms with Crippen LogP contribution in [-0.4, -0.2) is 28.6 Å². The SMILES string of the molecule is CC(C)(C)OC(=O)N[C@@H]1CCC[C@H](C(=O)Nc2cc(I)c(F)cn2)C1. The Morgan fingerprint density at radius 1 is 1.36 bits per heavy atom. The zero-order chi connectivity index (χ0) is 18.6. The lowest BCUT2D eigenvalue weighted by Gasteiger charge is -2.30. The molecule has 2 atom stereocenters. The Labute approximate surface area is 160 Å². The monoisotopic (exact) mass is 463 g/mol. The van der Waals surface area contributed by atoms with E-state index in [-0.39, 0.29) is 17.9 Å². The third kappa shape index (κ3) is 6.41. The minimum Gasteiger partial charge on any atom is -0.444 e. The number of amides is 2. The quantitative estimate of drug-likeness (QED) is 0.668. The lowest BCUT2D eigenvalue weighted by Crippen LogP contribution is -2.43. The number of hydrogen-bond donors (Lipinski definition) is 2. The molecule has 2 rings (SSSR count). The Bertz CT molecular complexity index is 649. The molecule has 0 unspecified atom stereocenters. The topological polar surface area (TPSA) is 80.3 Å². The van der Waals surface area contributed by atoms with Gasteiger partial charge in [0.05, 0.1) is 9.77 Å². The number of rotatable bonds is 3. The van der Waals surface area contributed by atoms with E-state index in [0.717, 1.165) is 25.5 Å². The maximum absolute atomic E-state index is 13.2. The third-order valence-corrected chi connectivity index (χ3v) is 4.65. The van der Waals surface area contributed by atoms with Gasteiger partial charge in [0.2, 0.25) is 5.91 Å². The molecule has 8 heteroatoms. The zero-order valence-corrected chi connectivity index (χ0v) is 16.7. The van der Waals surface area contributed by atoms with Gasteiger partial charge < -0.3 is 15.4 Å². The van der Waals surface area contributed by atoms with E-state index in [1.54, 1.807) is 20.8 Å². The minimum absolute atomic E-state index is 0.0966. The van der Waals surface area contributed by atoms with E-state index >= 15 is 0 Å². The van der Waals surface area contributed by atoms with Crippen molar-refractivity contribution < 1.29 is 18.7 Å². The van der Waals surface area contributed by atoms with Gasteiger partial charge in [0.25, 0.3) is 0 Å². The van der Waals surface area contributed by atoms with Crippen LogP contribution in [0.2, 0.25) is 0 Å². The predicted molar refractivity (Wildman–Crippen MR) is 101 cm³/mol. The number of alkyl carbamates (subject to hydrolysis) is 1. The number of hydrogen-bond acceptors (Lipinski definition) is 4. The molecule has 0 aliphatic heterocycles. The van der Waals surface area contributed by atoms with E-state index in [0.29, 0.717) is 15.8 Å². The van der Waals surface area contributed by atoms with Gasteiger partial charge in [-0.3, -0.25) is 4.79 Å². The fourth-order valence-corrected chi connectivity index (χ4v) is 3.18. The number of anilines is 1. The van der Waals surface area contributed by atoms with Gasteiger partial charge in [0.1, 0.15) is 11.4 Å². The van der Waals surface area contributed by atoms with Crippen LogP contribution < -0.4 is 10.6 Å². The van der Waals surface area contributed by atoms with Crippen LogP contribution in [0.3, 0.4) is 0 Å². The molecule has 0 aromatic carbocycles. The molecule has 0 bridgehead atoms. The van der Waals surface area contributed by atoms with Crippen molar-refractivity contribution in [1.82, 2.24) is 10.3 Å². The molecule has 1 aliphatic carbocycles. The van der Waals surface area contributed by atoms with Crippen LogP contribution in [0.4, 0.5) is 15.0 Å². The number of carbonyl (C=O) groups is 2. The fraction of sp³-hybridized carbons (Fsp3) is 0.588. The summed E-state index contributed by atoms with van der Waals surface area (Å²) in [5, 5.41) is 5.56. The van der Waals surface area contributed by atoms with Crippen LogP contribution in [0.25, 0.3) is 0 Å². The van der Waals surface area contributed by atoms with Crippen LogP contribution >= 0.6 is 22.6 Å². The van der Waals surface area contributed by atoms with E-state index in [1.807, 2.05) is 22.6 Å². The Morgan fingerprint density at radius 2 is 2.08 bits per heavy atom. The molecule has 138 valence electrons. The molecule has 1 heterocycles. The van der Waals surface area contributed by atoms with Crippen molar-refractivity contribution in [2.75, 3.05) is 5.32 Å². The summed E-state index contributed by atoms with van der Waals surface area (Å²) in [5.74, 6) is -0.472. The number of nitrogens with zero attached hydrogens (tertiary/aromatic N) is 1. The van der Waals surface area contributed by atoms with Crippen molar-refractivity contribution in [2.24, 2.45) is 5.92 Å². The van der Waals surface area contributed by atoms with Crippen molar-refractivity contribution in [2.45, 2.75) is 58.1 Å². The van der Waals surface area contributed by atoms with E-state index in [1.165, 1.54) is 6.07 Å². The number of halogens is 2. The van der Waals surface area contributed by atoms with Gasteiger partial charge in [0, 0.05) is 12.0 Å². The zero-order valence-electron chi connectivity index (χ0n) is 14.6. The van der Waals surface area contributed by atoms with Gasteiger partial charge in [-0.05, 0) is 68.7 Å². The first-order valence-corrected chi connectivity index (χ1v) is 9.33. The average Bonchev–Trinajstić information content (AvgIpc) is 2.49. The summed E-state index contributed by atoms with van der Waals surface area (Å²) in [6, 6.07) is 1.40. The van der Waals surface area contributed by atoms with Crippen LogP contribution in [0.1, 0.15) is 46.5 Å². The van der Waals surface area contributed by atoms with Gasteiger partial charge in [-0.25, -0.2) is 14.2 Å². The lowest BCUT2D eigenvalue weighted by atomic mass is 9.85. The maximum Gasteiger partial charge on any atom is 0.407 e. The van der Waals surface area contributed by atoms with E-state index in [2.05, 4.69) is 15.6 Å². The highest BCUT2D eigenvalue weighted by Gasteiger charge is 2.29. The van der Waals surface area contributed by atoms with Gasteiger partial charge in [0.15, 0.2) is 5.82 Å². The average molecular weight is 463 g/mol. The lowest BCUT2D eigenvalue weighted by molar-refractivity contribution is -0.121. The smallest absolute Gasteiger partial charge is 0.407 e. The summed E-state index contributed by atoms with van der Waals surface area (Å²) in [6.07, 6.45) is 3.57. The molecule has 1 saturated carbocycles. The van der Waals surface area contributed by atoms with Gasteiger partial charge in [-0.1, -0.05) is 6.42 Å². The van der Waals surface area contributed by atoms with Gasteiger partial charge >= 0.3 is 6.09 Å². The number of pyridine rings is 1. The highest BCUT2D eigenvalue weighted by Crippen LogP contribution is 2.26. The highest BCUT2D eigenvalue weighted by atomic mass is 127. The number of aromatic nitrogens is 1. The Morgan fingerprint density at radius 3 is 2.72 bits per heavy atom. The molecule has 1 aliphatic rings. The third-order valence-electron chi connectivity index (χ3n) is 3.83. The standard InChI is InChI=1S/C17H23FIN3O3/c1-17(2,3)25-16(24)21-11-6-4-5-10(7-11)15(23)22-14-8-13(19)12(18)9-20-14/h8-11H,4-7H2,1-3H3,(H,21,24)(H,20,22,23)/t10-,11+/m0/s1. The van der Waals surface area contributed by atoms with E-state index < -0.39 is 17.5 Å². The second-order valence-electron chi connectivity index (χ2n) is 7.18. The molecular formula is C17H23FIN3O3. The molecule has 0 saturated heterocycles. The van der Waals surface area contributed by atoms with Gasteiger partial charge in [-0.2, -0.15) is 0 Å². The molecule has 1 aromatic rings. The molecule has 2 N–H and O–H groups in total. The summed E-state index contributed by atoms with van der Waals surface area (Å²) in [5.41, 5.74) is -0.555. The molecular weight excluding hydrogens is 440 g/mol. The summed E-state index contributed by atoms with van der Waals surface area (Å²) in [6.45, 7) is 5.42. The molecule has 0 radical (unpaired) electrons. The van der Waals surface area contributed by atoms with Crippen molar-refractivity contribution in [3.8, 4) is 0 Å². The molecule has 2 amide bonds. The molecule has 6 nitrogen and oxygen atoms in total. The normalized spacial score (nSPS) is 20.7. The maximum atomic E-state index is 13.2. The van der Waals surface area contributed by atoms with E-state index in [9.17, 15) is 14.0 Å².